The molecule has 0 aromatic heterocycles. The third-order valence-corrected chi connectivity index (χ3v) is 2.78. The monoisotopic (exact) mass is 204 g/mol. The summed E-state index contributed by atoms with van der Waals surface area (Å²) in [6, 6.07) is 7.71. The van der Waals surface area contributed by atoms with Gasteiger partial charge in [-0.1, -0.05) is 24.3 Å². The molecule has 1 aliphatic carbocycles. The Morgan fingerprint density at radius 3 is 2.67 bits per heavy atom. The Bertz CT molecular complexity index is 409. The predicted molar refractivity (Wildman–Crippen MR) is 54.4 cm³/mol. The average Bonchev–Trinajstić information content (AvgIpc) is 2.27. The fourth-order valence-electron chi connectivity index (χ4n) is 1.93. The van der Waals surface area contributed by atoms with Crippen molar-refractivity contribution in [1.82, 2.24) is 0 Å². The molecule has 0 radical (unpaired) electrons. The fourth-order valence-corrected chi connectivity index (χ4v) is 1.93. The largest absolute Gasteiger partial charge is 0.468 e. The molecule has 0 N–H and O–H groups in total. The van der Waals surface area contributed by atoms with E-state index in [2.05, 4.69) is 4.74 Å². The van der Waals surface area contributed by atoms with Gasteiger partial charge in [-0.2, -0.15) is 0 Å². The number of ether oxygens (including phenoxy) is 1. The summed E-state index contributed by atoms with van der Waals surface area (Å²) in [5, 5.41) is 0. The first-order valence-corrected chi connectivity index (χ1v) is 4.89. The number of rotatable bonds is 1. The number of esters is 1. The molecule has 0 amide bonds. The van der Waals surface area contributed by atoms with Gasteiger partial charge in [-0.25, -0.2) is 0 Å². The normalized spacial score (nSPS) is 19.5. The standard InChI is InChI=1S/C12H12O3/c1-15-12(14)10-6-8-4-2-3-5-9(8)7-11(10)13/h2-5,10H,6-7H2,1H3/t10-/m0/s1. The number of fused-ring (bicyclic) bond motifs is 1. The molecular formula is C12H12O3. The summed E-state index contributed by atoms with van der Waals surface area (Å²) in [7, 11) is 1.32. The van der Waals surface area contributed by atoms with Crippen molar-refractivity contribution in [2.45, 2.75) is 12.8 Å². The summed E-state index contributed by atoms with van der Waals surface area (Å²) in [4.78, 5) is 23.0. The van der Waals surface area contributed by atoms with Crippen LogP contribution in [0.3, 0.4) is 0 Å². The molecule has 0 fully saturated rings. The maximum absolute atomic E-state index is 11.7. The highest BCUT2D eigenvalue weighted by Crippen LogP contribution is 2.23. The Hall–Kier alpha value is -1.64. The Balaban J connectivity index is 2.29. The zero-order valence-electron chi connectivity index (χ0n) is 8.53. The van der Waals surface area contributed by atoms with Crippen LogP contribution in [-0.2, 0) is 27.2 Å². The Morgan fingerprint density at radius 1 is 1.33 bits per heavy atom. The van der Waals surface area contributed by atoms with Gasteiger partial charge in [-0.3, -0.25) is 9.59 Å². The number of hydrogen-bond acceptors (Lipinski definition) is 3. The average molecular weight is 204 g/mol. The molecule has 2 rings (SSSR count). The number of benzene rings is 1. The predicted octanol–water partition coefficient (Wildman–Crippen LogP) is 1.14. The summed E-state index contributed by atoms with van der Waals surface area (Å²) in [6.45, 7) is 0. The number of carbonyl (C=O) groups excluding carboxylic acids is 2. The van der Waals surface area contributed by atoms with E-state index in [1.54, 1.807) is 0 Å². The van der Waals surface area contributed by atoms with Gasteiger partial charge >= 0.3 is 5.97 Å². The molecule has 0 unspecified atom stereocenters. The Labute approximate surface area is 88.1 Å². The van der Waals surface area contributed by atoms with Crippen LogP contribution >= 0.6 is 0 Å². The van der Waals surface area contributed by atoms with Crippen molar-refractivity contribution in [1.29, 1.82) is 0 Å². The summed E-state index contributed by atoms with van der Waals surface area (Å²) >= 11 is 0. The maximum atomic E-state index is 11.7. The molecule has 0 saturated heterocycles. The van der Waals surface area contributed by atoms with Crippen molar-refractivity contribution in [2.75, 3.05) is 7.11 Å². The number of carbonyl (C=O) groups is 2. The SMILES string of the molecule is COC(=O)[C@H]1Cc2ccccc2CC1=O. The quantitative estimate of drug-likeness (QED) is 0.509. The van der Waals surface area contributed by atoms with E-state index < -0.39 is 11.9 Å². The van der Waals surface area contributed by atoms with Crippen molar-refractivity contribution in [3.05, 3.63) is 35.4 Å². The summed E-state index contributed by atoms with van der Waals surface area (Å²) in [5.74, 6) is -1.07. The van der Waals surface area contributed by atoms with E-state index in [1.807, 2.05) is 24.3 Å². The summed E-state index contributed by atoms with van der Waals surface area (Å²) < 4.78 is 4.62. The number of methoxy groups -OCH3 is 1. The molecule has 0 spiro atoms. The first-order chi connectivity index (χ1) is 7.22. The van der Waals surface area contributed by atoms with Crippen molar-refractivity contribution >= 4 is 11.8 Å². The van der Waals surface area contributed by atoms with Crippen LogP contribution in [0.1, 0.15) is 11.1 Å². The van der Waals surface area contributed by atoms with Crippen LogP contribution in [-0.4, -0.2) is 18.9 Å². The summed E-state index contributed by atoms with van der Waals surface area (Å²) in [5.41, 5.74) is 2.11. The van der Waals surface area contributed by atoms with Gasteiger partial charge in [0.25, 0.3) is 0 Å². The van der Waals surface area contributed by atoms with Gasteiger partial charge in [0, 0.05) is 6.42 Å². The Morgan fingerprint density at radius 2 is 2.00 bits per heavy atom. The molecule has 1 aromatic carbocycles. The third-order valence-electron chi connectivity index (χ3n) is 2.78. The number of Topliss-reactive ketones (excluding diaryl/α,β-unsaturated/α-hetero) is 1. The fraction of sp³-hybridized carbons (Fsp3) is 0.333. The molecule has 0 bridgehead atoms. The molecule has 15 heavy (non-hydrogen) atoms. The van der Waals surface area contributed by atoms with Crippen LogP contribution in [0.15, 0.2) is 24.3 Å². The second-order valence-corrected chi connectivity index (χ2v) is 3.69. The van der Waals surface area contributed by atoms with E-state index in [4.69, 9.17) is 0 Å². The maximum Gasteiger partial charge on any atom is 0.316 e. The minimum atomic E-state index is -0.607. The smallest absolute Gasteiger partial charge is 0.316 e. The lowest BCUT2D eigenvalue weighted by Crippen LogP contribution is -2.32. The molecule has 1 aliphatic rings. The number of hydrogen-bond donors (Lipinski definition) is 0. The van der Waals surface area contributed by atoms with Crippen molar-refractivity contribution in [3.63, 3.8) is 0 Å². The van der Waals surface area contributed by atoms with Crippen LogP contribution in [0.25, 0.3) is 0 Å². The molecule has 0 saturated carbocycles. The summed E-state index contributed by atoms with van der Waals surface area (Å²) in [6.07, 6.45) is 0.817. The van der Waals surface area contributed by atoms with Crippen LogP contribution < -0.4 is 0 Å². The lowest BCUT2D eigenvalue weighted by atomic mass is 9.83. The van der Waals surface area contributed by atoms with Gasteiger partial charge in [0.05, 0.1) is 7.11 Å². The van der Waals surface area contributed by atoms with Crippen molar-refractivity contribution < 1.29 is 14.3 Å². The highest BCUT2D eigenvalue weighted by Gasteiger charge is 2.32. The lowest BCUT2D eigenvalue weighted by molar-refractivity contribution is -0.149. The molecule has 3 nitrogen and oxygen atoms in total. The van der Waals surface area contributed by atoms with E-state index >= 15 is 0 Å². The zero-order chi connectivity index (χ0) is 10.8. The van der Waals surface area contributed by atoms with E-state index in [9.17, 15) is 9.59 Å². The Kier molecular flexibility index (Phi) is 2.54. The molecule has 0 aliphatic heterocycles. The molecule has 0 heterocycles. The first kappa shape index (κ1) is 9.90. The van der Waals surface area contributed by atoms with Crippen LogP contribution in [0, 0.1) is 5.92 Å². The van der Waals surface area contributed by atoms with Gasteiger partial charge in [0.15, 0.2) is 5.78 Å². The molecular weight excluding hydrogens is 192 g/mol. The van der Waals surface area contributed by atoms with Crippen LogP contribution in [0.4, 0.5) is 0 Å². The van der Waals surface area contributed by atoms with Crippen molar-refractivity contribution in [2.24, 2.45) is 5.92 Å². The van der Waals surface area contributed by atoms with Gasteiger partial charge < -0.3 is 4.74 Å². The second kappa shape index (κ2) is 3.85. The van der Waals surface area contributed by atoms with E-state index in [1.165, 1.54) is 7.11 Å². The minimum absolute atomic E-state index is 0.0412. The third kappa shape index (κ3) is 1.77. The minimum Gasteiger partial charge on any atom is -0.468 e. The molecule has 1 aromatic rings. The van der Waals surface area contributed by atoms with Gasteiger partial charge in [-0.05, 0) is 17.5 Å². The highest BCUT2D eigenvalue weighted by molar-refractivity contribution is 6.01. The van der Waals surface area contributed by atoms with E-state index in [0.717, 1.165) is 11.1 Å². The van der Waals surface area contributed by atoms with Crippen LogP contribution in [0.2, 0.25) is 0 Å². The zero-order valence-corrected chi connectivity index (χ0v) is 8.53. The molecule has 1 atom stereocenters. The number of ketones is 1. The van der Waals surface area contributed by atoms with Gasteiger partial charge in [-0.15, -0.1) is 0 Å². The lowest BCUT2D eigenvalue weighted by Gasteiger charge is -2.21. The van der Waals surface area contributed by atoms with Crippen molar-refractivity contribution in [3.8, 4) is 0 Å². The van der Waals surface area contributed by atoms with Gasteiger partial charge in [0.2, 0.25) is 0 Å². The van der Waals surface area contributed by atoms with Crippen LogP contribution in [0.5, 0.6) is 0 Å². The van der Waals surface area contributed by atoms with Gasteiger partial charge in [0.1, 0.15) is 5.92 Å². The molecule has 78 valence electrons. The molecule has 3 heteroatoms. The second-order valence-electron chi connectivity index (χ2n) is 3.69. The van der Waals surface area contributed by atoms with E-state index in [-0.39, 0.29) is 5.78 Å². The van der Waals surface area contributed by atoms with E-state index in [0.29, 0.717) is 12.8 Å². The first-order valence-electron chi connectivity index (χ1n) is 4.89. The highest BCUT2D eigenvalue weighted by atomic mass is 16.5. The topological polar surface area (TPSA) is 43.4 Å².